The molecule has 1 N–H and O–H groups in total. The lowest BCUT2D eigenvalue weighted by molar-refractivity contribution is -0.113. The lowest BCUT2D eigenvalue weighted by atomic mass is 10.1. The van der Waals surface area contributed by atoms with Crippen LogP contribution < -0.4 is 15.6 Å². The molecule has 0 fully saturated rings. The number of rotatable bonds is 7. The summed E-state index contributed by atoms with van der Waals surface area (Å²) >= 11 is 2.64. The highest BCUT2D eigenvalue weighted by Gasteiger charge is 2.15. The number of hydrogen-bond acceptors (Lipinski definition) is 6. The van der Waals surface area contributed by atoms with Crippen molar-refractivity contribution in [3.63, 3.8) is 0 Å². The zero-order valence-electron chi connectivity index (χ0n) is 18.0. The fraction of sp³-hybridized carbons (Fsp3) is 0.208. The minimum Gasteiger partial charge on any atom is -0.495 e. The van der Waals surface area contributed by atoms with Crippen molar-refractivity contribution in [3.8, 4) is 5.75 Å². The van der Waals surface area contributed by atoms with Gasteiger partial charge < -0.3 is 10.1 Å². The number of aromatic nitrogens is 2. The Hall–Kier alpha value is -3.10. The normalized spacial score (nSPS) is 11.0. The van der Waals surface area contributed by atoms with Gasteiger partial charge in [0.1, 0.15) is 10.4 Å². The van der Waals surface area contributed by atoms with Gasteiger partial charge in [0.25, 0.3) is 5.56 Å². The fourth-order valence-electron chi connectivity index (χ4n) is 3.32. The first-order chi connectivity index (χ1) is 15.5. The van der Waals surface area contributed by atoms with Crippen molar-refractivity contribution >= 4 is 44.9 Å². The molecule has 0 aliphatic carbocycles. The van der Waals surface area contributed by atoms with Gasteiger partial charge in [0.05, 0.1) is 30.6 Å². The van der Waals surface area contributed by atoms with E-state index >= 15 is 0 Å². The number of benzene rings is 2. The SMILES string of the molecule is COc1ccccc1NC(=O)CSc1nc2ccsc2c(=O)n1Cc1ccc(C)c(C)c1. The van der Waals surface area contributed by atoms with Crippen LogP contribution in [0.15, 0.2) is 63.9 Å². The summed E-state index contributed by atoms with van der Waals surface area (Å²) in [6.07, 6.45) is 0. The summed E-state index contributed by atoms with van der Waals surface area (Å²) in [7, 11) is 1.56. The molecule has 32 heavy (non-hydrogen) atoms. The molecule has 4 rings (SSSR count). The van der Waals surface area contributed by atoms with Crippen LogP contribution in [0.2, 0.25) is 0 Å². The Morgan fingerprint density at radius 1 is 1.16 bits per heavy atom. The first-order valence-corrected chi connectivity index (χ1v) is 11.9. The molecular weight excluding hydrogens is 442 g/mol. The molecule has 0 spiro atoms. The highest BCUT2D eigenvalue weighted by Crippen LogP contribution is 2.25. The van der Waals surface area contributed by atoms with E-state index in [2.05, 4.69) is 36.3 Å². The van der Waals surface area contributed by atoms with Gasteiger partial charge in [-0.05, 0) is 54.1 Å². The molecule has 4 aromatic rings. The lowest BCUT2D eigenvalue weighted by Gasteiger charge is -2.13. The number of para-hydroxylation sites is 2. The number of thioether (sulfide) groups is 1. The number of anilines is 1. The average Bonchev–Trinajstić information content (AvgIpc) is 3.26. The number of ether oxygens (including phenoxy) is 1. The molecule has 0 radical (unpaired) electrons. The van der Waals surface area contributed by atoms with Gasteiger partial charge in [-0.3, -0.25) is 14.2 Å². The summed E-state index contributed by atoms with van der Waals surface area (Å²) < 4.78 is 7.57. The largest absolute Gasteiger partial charge is 0.495 e. The van der Waals surface area contributed by atoms with Crippen LogP contribution in [0.25, 0.3) is 10.2 Å². The van der Waals surface area contributed by atoms with E-state index in [0.717, 1.165) is 5.56 Å². The van der Waals surface area contributed by atoms with Gasteiger partial charge in [-0.1, -0.05) is 42.1 Å². The van der Waals surface area contributed by atoms with Gasteiger partial charge in [0.2, 0.25) is 5.91 Å². The summed E-state index contributed by atoms with van der Waals surface area (Å²) in [6.45, 7) is 4.52. The molecule has 0 saturated carbocycles. The van der Waals surface area contributed by atoms with Crippen LogP contribution in [-0.4, -0.2) is 28.3 Å². The molecule has 8 heteroatoms. The van der Waals surface area contributed by atoms with Gasteiger partial charge in [0.15, 0.2) is 5.16 Å². The molecule has 1 amide bonds. The topological polar surface area (TPSA) is 73.2 Å². The summed E-state index contributed by atoms with van der Waals surface area (Å²) in [5.74, 6) is 0.514. The molecule has 0 atom stereocenters. The van der Waals surface area contributed by atoms with E-state index in [4.69, 9.17) is 4.74 Å². The molecule has 6 nitrogen and oxygen atoms in total. The summed E-state index contributed by atoms with van der Waals surface area (Å²) in [6, 6.07) is 15.2. The molecule has 2 heterocycles. The third kappa shape index (κ3) is 4.71. The van der Waals surface area contributed by atoms with Crippen LogP contribution in [0.5, 0.6) is 5.75 Å². The van der Waals surface area contributed by atoms with Crippen molar-refractivity contribution < 1.29 is 9.53 Å². The number of aryl methyl sites for hydroxylation is 2. The Labute approximate surface area is 194 Å². The van der Waals surface area contributed by atoms with E-state index in [1.54, 1.807) is 23.8 Å². The Balaban J connectivity index is 1.59. The number of fused-ring (bicyclic) bond motifs is 1. The maximum atomic E-state index is 13.2. The van der Waals surface area contributed by atoms with Crippen molar-refractivity contribution in [2.24, 2.45) is 0 Å². The van der Waals surface area contributed by atoms with Gasteiger partial charge in [-0.2, -0.15) is 0 Å². The van der Waals surface area contributed by atoms with E-state index in [1.807, 2.05) is 29.6 Å². The maximum Gasteiger partial charge on any atom is 0.272 e. The number of nitrogens with one attached hydrogen (secondary N) is 1. The van der Waals surface area contributed by atoms with Crippen LogP contribution in [-0.2, 0) is 11.3 Å². The summed E-state index contributed by atoms with van der Waals surface area (Å²) in [5, 5.41) is 5.25. The number of carbonyl (C=O) groups is 1. The number of methoxy groups -OCH3 is 1. The molecule has 0 unspecified atom stereocenters. The minimum absolute atomic E-state index is 0.0872. The summed E-state index contributed by atoms with van der Waals surface area (Å²) in [5.41, 5.74) is 4.57. The van der Waals surface area contributed by atoms with E-state index in [9.17, 15) is 9.59 Å². The number of amides is 1. The lowest BCUT2D eigenvalue weighted by Crippen LogP contribution is -2.24. The van der Waals surface area contributed by atoms with Gasteiger partial charge in [-0.15, -0.1) is 11.3 Å². The van der Waals surface area contributed by atoms with Crippen molar-refractivity contribution in [1.82, 2.24) is 9.55 Å². The second kappa shape index (κ2) is 9.58. The van der Waals surface area contributed by atoms with Crippen LogP contribution in [0.1, 0.15) is 16.7 Å². The standard InChI is InChI=1S/C24H23N3O3S2/c1-15-8-9-17(12-16(15)2)13-27-23(29)22-19(10-11-31-22)26-24(27)32-14-21(28)25-18-6-4-5-7-20(18)30-3/h4-12H,13-14H2,1-3H3,(H,25,28). The highest BCUT2D eigenvalue weighted by molar-refractivity contribution is 7.99. The highest BCUT2D eigenvalue weighted by atomic mass is 32.2. The summed E-state index contributed by atoms with van der Waals surface area (Å²) in [4.78, 5) is 30.5. The molecule has 0 aliphatic rings. The monoisotopic (exact) mass is 465 g/mol. The van der Waals surface area contributed by atoms with Gasteiger partial charge in [-0.25, -0.2) is 4.98 Å². The maximum absolute atomic E-state index is 13.2. The molecule has 164 valence electrons. The van der Waals surface area contributed by atoms with Gasteiger partial charge in [0, 0.05) is 0 Å². The van der Waals surface area contributed by atoms with E-state index in [0.29, 0.717) is 33.4 Å². The van der Waals surface area contributed by atoms with Crippen molar-refractivity contribution in [1.29, 1.82) is 0 Å². The third-order valence-electron chi connectivity index (χ3n) is 5.16. The number of thiophene rings is 1. The average molecular weight is 466 g/mol. The second-order valence-corrected chi connectivity index (χ2v) is 9.24. The molecule has 0 saturated heterocycles. The quantitative estimate of drug-likeness (QED) is 0.312. The zero-order chi connectivity index (χ0) is 22.7. The number of carbonyl (C=O) groups excluding carboxylic acids is 1. The molecular formula is C24H23N3O3S2. The molecule has 2 aromatic heterocycles. The molecule has 0 bridgehead atoms. The van der Waals surface area contributed by atoms with E-state index in [-0.39, 0.29) is 17.2 Å². The van der Waals surface area contributed by atoms with Crippen molar-refractivity contribution in [2.45, 2.75) is 25.5 Å². The predicted molar refractivity (Wildman–Crippen MR) is 131 cm³/mol. The Morgan fingerprint density at radius 2 is 1.97 bits per heavy atom. The molecule has 0 aliphatic heterocycles. The van der Waals surface area contributed by atoms with Crippen LogP contribution in [0.4, 0.5) is 5.69 Å². The first-order valence-electron chi connectivity index (χ1n) is 10.1. The zero-order valence-corrected chi connectivity index (χ0v) is 19.7. The Bertz CT molecular complexity index is 1340. The number of hydrogen-bond donors (Lipinski definition) is 1. The van der Waals surface area contributed by atoms with Crippen molar-refractivity contribution in [3.05, 3.63) is 81.0 Å². The minimum atomic E-state index is -0.197. The third-order valence-corrected chi connectivity index (χ3v) is 7.02. The Kier molecular flexibility index (Phi) is 6.62. The predicted octanol–water partition coefficient (Wildman–Crippen LogP) is 4.86. The van der Waals surface area contributed by atoms with Crippen LogP contribution in [0, 0.1) is 13.8 Å². The second-order valence-electron chi connectivity index (χ2n) is 7.38. The van der Waals surface area contributed by atoms with E-state index in [1.165, 1.54) is 34.2 Å². The molecule has 2 aromatic carbocycles. The van der Waals surface area contributed by atoms with Crippen LogP contribution in [0.3, 0.4) is 0 Å². The van der Waals surface area contributed by atoms with E-state index < -0.39 is 0 Å². The van der Waals surface area contributed by atoms with Crippen LogP contribution >= 0.6 is 23.1 Å². The van der Waals surface area contributed by atoms with Crippen molar-refractivity contribution in [2.75, 3.05) is 18.2 Å². The van der Waals surface area contributed by atoms with Gasteiger partial charge >= 0.3 is 0 Å². The Morgan fingerprint density at radius 3 is 2.75 bits per heavy atom. The smallest absolute Gasteiger partial charge is 0.272 e. The number of nitrogens with zero attached hydrogens (tertiary/aromatic N) is 2. The fourth-order valence-corrected chi connectivity index (χ4v) is 4.90. The first kappa shape index (κ1) is 22.1.